The van der Waals surface area contributed by atoms with Crippen LogP contribution in [0.4, 0.5) is 0 Å². The van der Waals surface area contributed by atoms with E-state index in [1.165, 1.54) is 25.7 Å². The Bertz CT molecular complexity index is 346. The molecule has 1 aromatic heterocycles. The van der Waals surface area contributed by atoms with Crippen molar-refractivity contribution in [2.75, 3.05) is 18.8 Å². The summed E-state index contributed by atoms with van der Waals surface area (Å²) in [6, 6.07) is 0.533. The quantitative estimate of drug-likeness (QED) is 0.607. The highest BCUT2D eigenvalue weighted by Gasteiger charge is 2.21. The van der Waals surface area contributed by atoms with Gasteiger partial charge in [-0.1, -0.05) is 38.5 Å². The fourth-order valence-corrected chi connectivity index (χ4v) is 3.10. The molecule has 1 heterocycles. The molecule has 1 aliphatic carbocycles. The molecule has 0 spiro atoms. The lowest BCUT2D eigenvalue weighted by atomic mass is 10.2. The maximum absolute atomic E-state index is 4.14. The van der Waals surface area contributed by atoms with Gasteiger partial charge in [-0.3, -0.25) is 0 Å². The second-order valence-electron chi connectivity index (χ2n) is 5.29. The van der Waals surface area contributed by atoms with E-state index in [4.69, 9.17) is 0 Å². The predicted octanol–water partition coefficient (Wildman–Crippen LogP) is 2.13. The van der Waals surface area contributed by atoms with Crippen LogP contribution < -0.4 is 5.32 Å². The fraction of sp³-hybridized carbons (Fsp3) is 0.917. The Labute approximate surface area is 113 Å². The average molecular weight is 269 g/mol. The van der Waals surface area contributed by atoms with Crippen LogP contribution in [0.5, 0.6) is 0 Å². The van der Waals surface area contributed by atoms with Crippen molar-refractivity contribution in [2.45, 2.75) is 50.7 Å². The second kappa shape index (κ2) is 7.09. The van der Waals surface area contributed by atoms with Gasteiger partial charge in [-0.05, 0) is 35.7 Å². The van der Waals surface area contributed by atoms with Crippen LogP contribution in [0.15, 0.2) is 5.16 Å². The van der Waals surface area contributed by atoms with E-state index in [0.717, 1.165) is 24.0 Å². The number of rotatable bonds is 7. The van der Waals surface area contributed by atoms with Gasteiger partial charge in [0.2, 0.25) is 5.16 Å². The summed E-state index contributed by atoms with van der Waals surface area (Å²) in [7, 11) is 0. The second-order valence-corrected chi connectivity index (χ2v) is 6.35. The van der Waals surface area contributed by atoms with Gasteiger partial charge in [0.25, 0.3) is 0 Å². The Hall–Kier alpha value is -0.620. The number of nitrogens with zero attached hydrogens (tertiary/aromatic N) is 4. The zero-order chi connectivity index (χ0) is 12.8. The molecule has 0 aromatic carbocycles. The summed E-state index contributed by atoms with van der Waals surface area (Å²) in [6.07, 6.45) is 5.07. The molecule has 0 aliphatic heterocycles. The third-order valence-electron chi connectivity index (χ3n) is 3.20. The number of thioether (sulfide) groups is 1. The van der Waals surface area contributed by atoms with Crippen molar-refractivity contribution >= 4 is 11.8 Å². The Kier molecular flexibility index (Phi) is 5.44. The van der Waals surface area contributed by atoms with Crippen molar-refractivity contribution in [3.63, 3.8) is 0 Å². The van der Waals surface area contributed by atoms with Gasteiger partial charge in [-0.15, -0.1) is 5.10 Å². The molecule has 0 radical (unpaired) electrons. The number of hydrogen-bond acceptors (Lipinski definition) is 5. The Morgan fingerprint density at radius 2 is 2.17 bits per heavy atom. The lowest BCUT2D eigenvalue weighted by Crippen LogP contribution is -2.22. The molecule has 0 bridgehead atoms. The van der Waals surface area contributed by atoms with Gasteiger partial charge in [0.1, 0.15) is 0 Å². The van der Waals surface area contributed by atoms with Crippen molar-refractivity contribution < 1.29 is 0 Å². The number of hydrogen-bond donors (Lipinski definition) is 1. The first-order valence-corrected chi connectivity index (χ1v) is 7.87. The van der Waals surface area contributed by atoms with Crippen LogP contribution in [0, 0.1) is 5.92 Å². The largest absolute Gasteiger partial charge is 0.316 e. The van der Waals surface area contributed by atoms with Crippen molar-refractivity contribution in [2.24, 2.45) is 5.92 Å². The highest BCUT2D eigenvalue weighted by molar-refractivity contribution is 7.99. The zero-order valence-electron chi connectivity index (χ0n) is 11.3. The Balaban J connectivity index is 1.74. The maximum Gasteiger partial charge on any atom is 0.209 e. The van der Waals surface area contributed by atoms with Gasteiger partial charge in [0.15, 0.2) is 0 Å². The van der Waals surface area contributed by atoms with Crippen molar-refractivity contribution in [1.29, 1.82) is 0 Å². The molecule has 18 heavy (non-hydrogen) atoms. The van der Waals surface area contributed by atoms with Crippen LogP contribution >= 0.6 is 11.8 Å². The third-order valence-corrected chi connectivity index (χ3v) is 4.13. The topological polar surface area (TPSA) is 55.6 Å². The minimum Gasteiger partial charge on any atom is -0.316 e. The van der Waals surface area contributed by atoms with Gasteiger partial charge in [-0.25, -0.2) is 4.68 Å². The van der Waals surface area contributed by atoms with E-state index in [9.17, 15) is 0 Å². The molecular formula is C12H23N5S. The summed E-state index contributed by atoms with van der Waals surface area (Å²) in [5, 5.41) is 16.5. The van der Waals surface area contributed by atoms with Gasteiger partial charge in [0.05, 0.1) is 6.04 Å². The van der Waals surface area contributed by atoms with Crippen LogP contribution in [0.3, 0.4) is 0 Å². The standard InChI is InChI=1S/C12H23N5S/c1-10(2)9-13-7-8-18-12-14-15-16-17(12)11-5-3-4-6-11/h10-11,13H,3-9H2,1-2H3. The van der Waals surface area contributed by atoms with Gasteiger partial charge in [0, 0.05) is 12.3 Å². The molecule has 1 N–H and O–H groups in total. The first-order valence-electron chi connectivity index (χ1n) is 6.88. The van der Waals surface area contributed by atoms with Gasteiger partial charge in [-0.2, -0.15) is 0 Å². The molecule has 1 aliphatic rings. The molecule has 5 nitrogen and oxygen atoms in total. The molecule has 1 saturated carbocycles. The number of tetrazole rings is 1. The molecule has 0 atom stereocenters. The van der Waals surface area contributed by atoms with Gasteiger partial charge >= 0.3 is 0 Å². The summed E-state index contributed by atoms with van der Waals surface area (Å²) in [4.78, 5) is 0. The number of aromatic nitrogens is 4. The molecule has 2 rings (SSSR count). The lowest BCUT2D eigenvalue weighted by molar-refractivity contribution is 0.423. The minimum atomic E-state index is 0.533. The molecule has 0 amide bonds. The van der Waals surface area contributed by atoms with Crippen LogP contribution in [0.25, 0.3) is 0 Å². The summed E-state index contributed by atoms with van der Waals surface area (Å²) in [5.41, 5.74) is 0. The van der Waals surface area contributed by atoms with Gasteiger partial charge < -0.3 is 5.32 Å². The molecule has 0 unspecified atom stereocenters. The third kappa shape index (κ3) is 3.95. The van der Waals surface area contributed by atoms with E-state index >= 15 is 0 Å². The van der Waals surface area contributed by atoms with Crippen LogP contribution in [0.1, 0.15) is 45.6 Å². The zero-order valence-corrected chi connectivity index (χ0v) is 12.1. The maximum atomic E-state index is 4.14. The van der Waals surface area contributed by atoms with E-state index in [-0.39, 0.29) is 0 Å². The van der Waals surface area contributed by atoms with Crippen molar-refractivity contribution in [3.05, 3.63) is 0 Å². The minimum absolute atomic E-state index is 0.533. The van der Waals surface area contributed by atoms with E-state index in [2.05, 4.69) is 34.7 Å². The highest BCUT2D eigenvalue weighted by atomic mass is 32.2. The van der Waals surface area contributed by atoms with Crippen LogP contribution in [-0.2, 0) is 0 Å². The van der Waals surface area contributed by atoms with E-state index in [0.29, 0.717) is 12.0 Å². The Morgan fingerprint density at radius 1 is 1.39 bits per heavy atom. The lowest BCUT2D eigenvalue weighted by Gasteiger charge is -2.11. The van der Waals surface area contributed by atoms with E-state index in [1.54, 1.807) is 11.8 Å². The molecule has 1 aromatic rings. The predicted molar refractivity (Wildman–Crippen MR) is 73.8 cm³/mol. The first kappa shape index (κ1) is 13.8. The summed E-state index contributed by atoms with van der Waals surface area (Å²) in [6.45, 7) is 6.54. The fourth-order valence-electron chi connectivity index (χ4n) is 2.26. The summed E-state index contributed by atoms with van der Waals surface area (Å²) in [5.74, 6) is 1.73. The smallest absolute Gasteiger partial charge is 0.209 e. The molecule has 6 heteroatoms. The normalized spacial score (nSPS) is 16.8. The summed E-state index contributed by atoms with van der Waals surface area (Å²) < 4.78 is 2.03. The van der Waals surface area contributed by atoms with Crippen LogP contribution in [0.2, 0.25) is 0 Å². The molecular weight excluding hydrogens is 246 g/mol. The van der Waals surface area contributed by atoms with Crippen molar-refractivity contribution in [3.8, 4) is 0 Å². The molecule has 102 valence electrons. The molecule has 0 saturated heterocycles. The highest BCUT2D eigenvalue weighted by Crippen LogP contribution is 2.31. The first-order chi connectivity index (χ1) is 8.77. The average Bonchev–Trinajstić information content (AvgIpc) is 2.97. The van der Waals surface area contributed by atoms with E-state index < -0.39 is 0 Å². The molecule has 1 fully saturated rings. The Morgan fingerprint density at radius 3 is 2.89 bits per heavy atom. The summed E-state index contributed by atoms with van der Waals surface area (Å²) >= 11 is 1.76. The SMILES string of the molecule is CC(C)CNCCSc1nnnn1C1CCCC1. The van der Waals surface area contributed by atoms with E-state index in [1.807, 2.05) is 4.68 Å². The number of nitrogens with one attached hydrogen (secondary N) is 1. The monoisotopic (exact) mass is 269 g/mol. The van der Waals surface area contributed by atoms with Crippen molar-refractivity contribution in [1.82, 2.24) is 25.5 Å². The van der Waals surface area contributed by atoms with Crippen LogP contribution in [-0.4, -0.2) is 39.0 Å².